The summed E-state index contributed by atoms with van der Waals surface area (Å²) in [5.41, 5.74) is 2.10. The summed E-state index contributed by atoms with van der Waals surface area (Å²) in [5.74, 6) is -0.590. The molecule has 3 nitrogen and oxygen atoms in total. The molecule has 1 aromatic carbocycles. The van der Waals surface area contributed by atoms with E-state index < -0.39 is 10.7 Å². The molecule has 0 aliphatic heterocycles. The van der Waals surface area contributed by atoms with Crippen LogP contribution in [0.3, 0.4) is 0 Å². The van der Waals surface area contributed by atoms with E-state index in [9.17, 15) is 9.28 Å². The molecule has 1 rings (SSSR count). The summed E-state index contributed by atoms with van der Waals surface area (Å²) < 4.78 is 11.5. The van der Waals surface area contributed by atoms with Crippen molar-refractivity contribution in [3.63, 3.8) is 0 Å². The van der Waals surface area contributed by atoms with Gasteiger partial charge < -0.3 is 0 Å². The molecule has 1 N–H and O–H groups in total. The zero-order valence-electron chi connectivity index (χ0n) is 6.00. The van der Waals surface area contributed by atoms with Crippen LogP contribution in [0.4, 0.5) is 4.48 Å². The SMILES string of the molecule is O=C(NN(F)Cl)c1ccccc1. The molecule has 1 amide bonds. The maximum Gasteiger partial charge on any atom is 0.268 e. The fourth-order valence-corrected chi connectivity index (χ4v) is 0.808. The van der Waals surface area contributed by atoms with Gasteiger partial charge in [-0.05, 0) is 12.1 Å². The lowest BCUT2D eigenvalue weighted by atomic mass is 10.2. The minimum atomic E-state index is -0.590. The van der Waals surface area contributed by atoms with Gasteiger partial charge in [-0.15, -0.1) is 0 Å². The van der Waals surface area contributed by atoms with Crippen molar-refractivity contribution in [1.29, 1.82) is 0 Å². The molecule has 0 atom stereocenters. The number of carbonyl (C=O) groups is 1. The lowest BCUT2D eigenvalue weighted by Gasteiger charge is -2.03. The van der Waals surface area contributed by atoms with Gasteiger partial charge in [0.15, 0.2) is 0 Å². The lowest BCUT2D eigenvalue weighted by Crippen LogP contribution is -2.29. The van der Waals surface area contributed by atoms with Gasteiger partial charge in [0.1, 0.15) is 0 Å². The highest BCUT2D eigenvalue weighted by molar-refractivity contribution is 6.13. The Morgan fingerprint density at radius 1 is 1.42 bits per heavy atom. The number of rotatable bonds is 2. The minimum Gasteiger partial charge on any atom is -0.268 e. The van der Waals surface area contributed by atoms with Crippen molar-refractivity contribution in [3.8, 4) is 0 Å². The molecule has 5 heteroatoms. The van der Waals surface area contributed by atoms with Crippen LogP contribution in [-0.4, -0.2) is 10.7 Å². The first-order valence-corrected chi connectivity index (χ1v) is 3.51. The van der Waals surface area contributed by atoms with Crippen LogP contribution in [0.2, 0.25) is 0 Å². The number of benzene rings is 1. The molecule has 0 bridgehead atoms. The van der Waals surface area contributed by atoms with E-state index in [1.807, 2.05) is 0 Å². The molecule has 0 heterocycles. The molecule has 1 aromatic rings. The van der Waals surface area contributed by atoms with Gasteiger partial charge in [0, 0.05) is 22.1 Å². The van der Waals surface area contributed by atoms with Crippen LogP contribution >= 0.6 is 11.8 Å². The first-order valence-electron chi connectivity index (χ1n) is 3.18. The van der Waals surface area contributed by atoms with E-state index in [1.165, 1.54) is 0 Å². The average molecular weight is 189 g/mol. The Morgan fingerprint density at radius 3 is 2.50 bits per heavy atom. The third kappa shape index (κ3) is 2.48. The summed E-state index contributed by atoms with van der Waals surface area (Å²) in [6.07, 6.45) is 0. The summed E-state index contributed by atoms with van der Waals surface area (Å²) in [6.45, 7) is 0. The molecule has 0 aliphatic carbocycles. The van der Waals surface area contributed by atoms with Gasteiger partial charge in [0.25, 0.3) is 5.91 Å². The fourth-order valence-electron chi connectivity index (χ4n) is 0.731. The van der Waals surface area contributed by atoms with Gasteiger partial charge in [0.2, 0.25) is 0 Å². The maximum absolute atomic E-state index is 11.9. The normalized spacial score (nSPS) is 9.92. The Labute approximate surface area is 73.8 Å². The second-order valence-corrected chi connectivity index (χ2v) is 2.34. The molecule has 0 fully saturated rings. The smallest absolute Gasteiger partial charge is 0.268 e. The fraction of sp³-hybridized carbons (Fsp3) is 0. The highest BCUT2D eigenvalue weighted by Crippen LogP contribution is 1.99. The van der Waals surface area contributed by atoms with Crippen LogP contribution in [0.1, 0.15) is 10.4 Å². The number of amides is 1. The average Bonchev–Trinajstić information content (AvgIpc) is 2.05. The van der Waals surface area contributed by atoms with Crippen molar-refractivity contribution in [3.05, 3.63) is 35.9 Å². The molecule has 0 aromatic heterocycles. The van der Waals surface area contributed by atoms with E-state index in [1.54, 1.807) is 35.8 Å². The number of hydrazine groups is 1. The topological polar surface area (TPSA) is 32.3 Å². The van der Waals surface area contributed by atoms with Crippen LogP contribution in [0.15, 0.2) is 30.3 Å². The second-order valence-electron chi connectivity index (χ2n) is 2.04. The number of nitrogens with zero attached hydrogens (tertiary/aromatic N) is 1. The van der Waals surface area contributed by atoms with E-state index in [2.05, 4.69) is 0 Å². The first-order chi connectivity index (χ1) is 5.70. The van der Waals surface area contributed by atoms with E-state index in [4.69, 9.17) is 11.8 Å². The highest BCUT2D eigenvalue weighted by atomic mass is 35.5. The van der Waals surface area contributed by atoms with Crippen molar-refractivity contribution < 1.29 is 9.28 Å². The second kappa shape index (κ2) is 4.04. The van der Waals surface area contributed by atoms with Crippen molar-refractivity contribution >= 4 is 17.7 Å². The monoisotopic (exact) mass is 188 g/mol. The summed E-state index contributed by atoms with van der Waals surface area (Å²) in [6, 6.07) is 8.20. The quantitative estimate of drug-likeness (QED) is 0.566. The van der Waals surface area contributed by atoms with Crippen LogP contribution in [0.25, 0.3) is 0 Å². The molecule has 0 spiro atoms. The van der Waals surface area contributed by atoms with Gasteiger partial charge in [0.05, 0.1) is 0 Å². The van der Waals surface area contributed by atoms with Crippen LogP contribution in [0, 0.1) is 0 Å². The largest absolute Gasteiger partial charge is 0.268 e. The molecular formula is C7H6ClFN2O. The van der Waals surface area contributed by atoms with Crippen molar-refractivity contribution in [2.24, 2.45) is 0 Å². The third-order valence-corrected chi connectivity index (χ3v) is 1.31. The zero-order valence-corrected chi connectivity index (χ0v) is 6.75. The standard InChI is InChI=1S/C7H6ClFN2O/c8-11(9)10-7(12)6-4-2-1-3-5-6/h1-5H,(H,10,12). The Balaban J connectivity index is 2.66. The van der Waals surface area contributed by atoms with Gasteiger partial charge in [-0.2, -0.15) is 0 Å². The third-order valence-electron chi connectivity index (χ3n) is 1.22. The van der Waals surface area contributed by atoms with Gasteiger partial charge in [-0.25, -0.2) is 5.43 Å². The highest BCUT2D eigenvalue weighted by Gasteiger charge is 2.06. The molecule has 0 aliphatic rings. The van der Waals surface area contributed by atoms with E-state index in [-0.39, 0.29) is 0 Å². The summed E-state index contributed by atoms with van der Waals surface area (Å²) in [4.78, 5) is 11.0. The first kappa shape index (κ1) is 8.96. The molecule has 64 valence electrons. The van der Waals surface area contributed by atoms with Gasteiger partial charge in [-0.1, -0.05) is 22.7 Å². The number of hydrogen-bond donors (Lipinski definition) is 1. The van der Waals surface area contributed by atoms with E-state index >= 15 is 0 Å². The Kier molecular flexibility index (Phi) is 3.01. The number of nitrogens with one attached hydrogen (secondary N) is 1. The van der Waals surface area contributed by atoms with Crippen molar-refractivity contribution in [2.45, 2.75) is 0 Å². The van der Waals surface area contributed by atoms with Crippen molar-refractivity contribution in [1.82, 2.24) is 10.2 Å². The molecule has 0 saturated heterocycles. The molecule has 0 unspecified atom stereocenters. The predicted octanol–water partition coefficient (Wildman–Crippen LogP) is 1.67. The van der Waals surface area contributed by atoms with E-state index in [0.717, 1.165) is 0 Å². The number of halogens is 2. The van der Waals surface area contributed by atoms with Crippen LogP contribution in [-0.2, 0) is 0 Å². The zero-order chi connectivity index (χ0) is 8.97. The van der Waals surface area contributed by atoms with Gasteiger partial charge in [-0.3, -0.25) is 4.79 Å². The Morgan fingerprint density at radius 2 is 2.00 bits per heavy atom. The molecule has 0 radical (unpaired) electrons. The molecule has 12 heavy (non-hydrogen) atoms. The Bertz CT molecular complexity index is 265. The predicted molar refractivity (Wildman–Crippen MR) is 42.7 cm³/mol. The lowest BCUT2D eigenvalue weighted by molar-refractivity contribution is 0.0550. The van der Waals surface area contributed by atoms with Crippen LogP contribution in [0.5, 0.6) is 0 Å². The van der Waals surface area contributed by atoms with Crippen LogP contribution < -0.4 is 5.43 Å². The molecular weight excluding hydrogens is 183 g/mol. The summed E-state index contributed by atoms with van der Waals surface area (Å²) >= 11 is 4.76. The maximum atomic E-state index is 11.9. The summed E-state index contributed by atoms with van der Waals surface area (Å²) in [7, 11) is 0. The molecule has 0 saturated carbocycles. The van der Waals surface area contributed by atoms with E-state index in [0.29, 0.717) is 5.56 Å². The minimum absolute atomic E-state index is 0.348. The number of carbonyl (C=O) groups excluding carboxylic acids is 1. The number of hydrogen-bond acceptors (Lipinski definition) is 2. The van der Waals surface area contributed by atoms with Gasteiger partial charge >= 0.3 is 0 Å². The Hall–Kier alpha value is -1.13. The summed E-state index contributed by atoms with van der Waals surface area (Å²) in [5, 5.41) is 0. The van der Waals surface area contributed by atoms with Crippen molar-refractivity contribution in [2.75, 3.05) is 0 Å².